The fraction of sp³-hybridized carbons (Fsp3) is 0.667. The minimum atomic E-state index is 0.658. The topological polar surface area (TPSA) is 0 Å². The molecule has 0 heterocycles. The van der Waals surface area contributed by atoms with Gasteiger partial charge in [0.1, 0.15) is 0 Å². The first kappa shape index (κ1) is 8.38. The molecule has 0 aliphatic carbocycles. The van der Waals surface area contributed by atoms with Crippen LogP contribution in [0.4, 0.5) is 0 Å². The van der Waals surface area contributed by atoms with E-state index in [4.69, 9.17) is 11.6 Å². The molecule has 0 N–H and O–H groups in total. The normalized spacial score (nSPS) is 10.0. The zero-order valence-electron chi connectivity index (χ0n) is 5.28. The summed E-state index contributed by atoms with van der Waals surface area (Å²) in [5, 5.41) is 1.40. The van der Waals surface area contributed by atoms with Gasteiger partial charge in [-0.2, -0.15) is 11.8 Å². The standard InChI is InChI=1S/C6H11ClS/c1-5(2)8-4-6(3)7/h5H,3-4H2,1-2H3. The highest BCUT2D eigenvalue weighted by Gasteiger charge is 1.93. The van der Waals surface area contributed by atoms with Crippen molar-refractivity contribution in [2.75, 3.05) is 5.75 Å². The van der Waals surface area contributed by atoms with E-state index < -0.39 is 0 Å². The molecule has 0 spiro atoms. The largest absolute Gasteiger partial charge is 0.153 e. The number of hydrogen-bond acceptors (Lipinski definition) is 1. The predicted octanol–water partition coefficient (Wildman–Crippen LogP) is 2.88. The van der Waals surface area contributed by atoms with Gasteiger partial charge in [-0.3, -0.25) is 0 Å². The molecule has 0 rings (SSSR count). The van der Waals surface area contributed by atoms with Crippen molar-refractivity contribution in [3.63, 3.8) is 0 Å². The van der Waals surface area contributed by atoms with Crippen LogP contribution >= 0.6 is 23.4 Å². The van der Waals surface area contributed by atoms with E-state index in [0.29, 0.717) is 5.25 Å². The van der Waals surface area contributed by atoms with Gasteiger partial charge in [0.25, 0.3) is 0 Å². The zero-order valence-corrected chi connectivity index (χ0v) is 6.85. The summed E-state index contributed by atoms with van der Waals surface area (Å²) in [6.07, 6.45) is 0. The smallest absolute Gasteiger partial charge is 0.0289 e. The first-order valence-corrected chi connectivity index (χ1v) is 4.00. The lowest BCUT2D eigenvalue weighted by atomic mass is 10.6. The minimum absolute atomic E-state index is 0.658. The third-order valence-electron chi connectivity index (χ3n) is 0.573. The second-order valence-corrected chi connectivity index (χ2v) is 3.98. The molecule has 0 aromatic rings. The van der Waals surface area contributed by atoms with Gasteiger partial charge in [0, 0.05) is 10.8 Å². The van der Waals surface area contributed by atoms with Gasteiger partial charge in [-0.05, 0) is 5.25 Å². The number of hydrogen-bond donors (Lipinski definition) is 0. The maximum atomic E-state index is 5.51. The molecule has 0 radical (unpaired) electrons. The van der Waals surface area contributed by atoms with Crippen molar-refractivity contribution < 1.29 is 0 Å². The summed E-state index contributed by atoms with van der Waals surface area (Å²) in [5.74, 6) is 0.874. The number of rotatable bonds is 3. The van der Waals surface area contributed by atoms with E-state index in [-0.39, 0.29) is 0 Å². The molecule has 8 heavy (non-hydrogen) atoms. The molecule has 0 aromatic carbocycles. The summed E-state index contributed by atoms with van der Waals surface area (Å²) in [5.41, 5.74) is 0. The van der Waals surface area contributed by atoms with Crippen LogP contribution in [0.2, 0.25) is 0 Å². The van der Waals surface area contributed by atoms with E-state index >= 15 is 0 Å². The average Bonchev–Trinajstić information content (AvgIpc) is 1.61. The Kier molecular flexibility index (Phi) is 4.48. The van der Waals surface area contributed by atoms with Crippen LogP contribution in [0.3, 0.4) is 0 Å². The Labute approximate surface area is 60.3 Å². The Morgan fingerprint density at radius 2 is 2.25 bits per heavy atom. The Bertz CT molecular complexity index is 78.6. The van der Waals surface area contributed by atoms with Gasteiger partial charge in [-0.1, -0.05) is 32.0 Å². The van der Waals surface area contributed by atoms with Gasteiger partial charge in [-0.15, -0.1) is 0 Å². The lowest BCUT2D eigenvalue weighted by molar-refractivity contribution is 1.11. The van der Waals surface area contributed by atoms with Crippen molar-refractivity contribution >= 4 is 23.4 Å². The molecule has 2 heteroatoms. The fourth-order valence-corrected chi connectivity index (χ4v) is 0.960. The van der Waals surface area contributed by atoms with E-state index in [1.165, 1.54) is 0 Å². The van der Waals surface area contributed by atoms with Crippen LogP contribution in [0.25, 0.3) is 0 Å². The van der Waals surface area contributed by atoms with Crippen LogP contribution in [0, 0.1) is 0 Å². The molecule has 0 atom stereocenters. The van der Waals surface area contributed by atoms with E-state index in [1.807, 2.05) is 11.8 Å². The molecular weight excluding hydrogens is 140 g/mol. The fourth-order valence-electron chi connectivity index (χ4n) is 0.257. The Morgan fingerprint density at radius 3 is 2.38 bits per heavy atom. The molecule has 0 saturated heterocycles. The summed E-state index contributed by atoms with van der Waals surface area (Å²) in [7, 11) is 0. The Hall–Kier alpha value is 0.380. The molecule has 0 bridgehead atoms. The lowest BCUT2D eigenvalue weighted by Crippen LogP contribution is -1.87. The van der Waals surface area contributed by atoms with Crippen molar-refractivity contribution in [2.24, 2.45) is 0 Å². The molecule has 0 unspecified atom stereocenters. The molecule has 0 fully saturated rings. The Balaban J connectivity index is 3.05. The average molecular weight is 151 g/mol. The quantitative estimate of drug-likeness (QED) is 0.596. The van der Waals surface area contributed by atoms with Crippen LogP contribution in [-0.2, 0) is 0 Å². The molecule has 0 aliphatic heterocycles. The molecule has 0 saturated carbocycles. The maximum Gasteiger partial charge on any atom is 0.0289 e. The first-order chi connectivity index (χ1) is 3.63. The Morgan fingerprint density at radius 1 is 1.75 bits per heavy atom. The molecular formula is C6H11ClS. The van der Waals surface area contributed by atoms with E-state index in [9.17, 15) is 0 Å². The van der Waals surface area contributed by atoms with Gasteiger partial charge in [-0.25, -0.2) is 0 Å². The predicted molar refractivity (Wildman–Crippen MR) is 42.6 cm³/mol. The number of halogens is 1. The highest BCUT2D eigenvalue weighted by atomic mass is 35.5. The van der Waals surface area contributed by atoms with Crippen molar-refractivity contribution in [1.29, 1.82) is 0 Å². The summed E-state index contributed by atoms with van der Waals surface area (Å²) in [4.78, 5) is 0. The SMILES string of the molecule is C=C(Cl)CSC(C)C. The zero-order chi connectivity index (χ0) is 6.57. The molecule has 48 valence electrons. The molecule has 0 aromatic heterocycles. The van der Waals surface area contributed by atoms with Crippen molar-refractivity contribution in [1.82, 2.24) is 0 Å². The summed E-state index contributed by atoms with van der Waals surface area (Å²) in [6.45, 7) is 7.86. The van der Waals surface area contributed by atoms with Gasteiger partial charge in [0.2, 0.25) is 0 Å². The third kappa shape index (κ3) is 6.38. The van der Waals surface area contributed by atoms with Crippen LogP contribution in [0.15, 0.2) is 11.6 Å². The highest BCUT2D eigenvalue weighted by molar-refractivity contribution is 8.00. The molecule has 0 nitrogen and oxygen atoms in total. The van der Waals surface area contributed by atoms with Crippen LogP contribution in [0.5, 0.6) is 0 Å². The van der Waals surface area contributed by atoms with Crippen molar-refractivity contribution in [2.45, 2.75) is 19.1 Å². The summed E-state index contributed by atoms with van der Waals surface area (Å²) >= 11 is 7.31. The minimum Gasteiger partial charge on any atom is -0.153 e. The highest BCUT2D eigenvalue weighted by Crippen LogP contribution is 2.14. The second kappa shape index (κ2) is 4.28. The molecule has 0 aliphatic rings. The van der Waals surface area contributed by atoms with E-state index in [0.717, 1.165) is 10.8 Å². The van der Waals surface area contributed by atoms with Crippen molar-refractivity contribution in [3.05, 3.63) is 11.6 Å². The maximum absolute atomic E-state index is 5.51. The summed E-state index contributed by atoms with van der Waals surface area (Å²) in [6, 6.07) is 0. The number of thioether (sulfide) groups is 1. The first-order valence-electron chi connectivity index (χ1n) is 2.58. The summed E-state index contributed by atoms with van der Waals surface area (Å²) < 4.78 is 0. The van der Waals surface area contributed by atoms with Gasteiger partial charge < -0.3 is 0 Å². The lowest BCUT2D eigenvalue weighted by Gasteiger charge is -2.00. The second-order valence-electron chi connectivity index (χ2n) is 1.88. The van der Waals surface area contributed by atoms with Gasteiger partial charge in [0.05, 0.1) is 0 Å². The third-order valence-corrected chi connectivity index (χ3v) is 2.05. The monoisotopic (exact) mass is 150 g/mol. The van der Waals surface area contributed by atoms with Crippen molar-refractivity contribution in [3.8, 4) is 0 Å². The van der Waals surface area contributed by atoms with Crippen LogP contribution < -0.4 is 0 Å². The van der Waals surface area contributed by atoms with Crippen LogP contribution in [-0.4, -0.2) is 11.0 Å². The van der Waals surface area contributed by atoms with Crippen LogP contribution in [0.1, 0.15) is 13.8 Å². The van der Waals surface area contributed by atoms with E-state index in [2.05, 4.69) is 20.4 Å². The van der Waals surface area contributed by atoms with Gasteiger partial charge >= 0.3 is 0 Å². The molecule has 0 amide bonds. The van der Waals surface area contributed by atoms with E-state index in [1.54, 1.807) is 0 Å². The van der Waals surface area contributed by atoms with Gasteiger partial charge in [0.15, 0.2) is 0 Å².